The molecule has 0 saturated carbocycles. The third-order valence-corrected chi connectivity index (χ3v) is 7.44. The summed E-state index contributed by atoms with van der Waals surface area (Å²) in [6.45, 7) is 4.89. The second kappa shape index (κ2) is 10.9. The summed E-state index contributed by atoms with van der Waals surface area (Å²) in [5.41, 5.74) is 0.944. The smallest absolute Gasteiger partial charge is 0.253 e. The van der Waals surface area contributed by atoms with Crippen LogP contribution in [0.3, 0.4) is 0 Å². The molecular formula is C24H30FN3O4S. The summed E-state index contributed by atoms with van der Waals surface area (Å²) in [6.07, 6.45) is 0.702. The Morgan fingerprint density at radius 1 is 1.06 bits per heavy atom. The van der Waals surface area contributed by atoms with Crippen LogP contribution in [0.15, 0.2) is 48.5 Å². The van der Waals surface area contributed by atoms with E-state index in [9.17, 15) is 22.4 Å². The number of carbonyl (C=O) groups is 2. The Bertz CT molecular complexity index is 1100. The fraction of sp³-hybridized carbons (Fsp3) is 0.417. The molecule has 0 bridgehead atoms. The summed E-state index contributed by atoms with van der Waals surface area (Å²) in [5.74, 6) is -1.53. The second-order valence-corrected chi connectivity index (χ2v) is 10.6. The van der Waals surface area contributed by atoms with Gasteiger partial charge in [0.05, 0.1) is 17.0 Å². The number of sulfonamides is 1. The molecule has 2 amide bonds. The van der Waals surface area contributed by atoms with E-state index < -0.39 is 21.6 Å². The molecule has 1 aliphatic heterocycles. The molecule has 0 radical (unpaired) electrons. The van der Waals surface area contributed by atoms with Gasteiger partial charge in [-0.05, 0) is 37.0 Å². The van der Waals surface area contributed by atoms with Crippen LogP contribution in [-0.4, -0.2) is 44.2 Å². The van der Waals surface area contributed by atoms with Crippen LogP contribution in [0, 0.1) is 17.7 Å². The van der Waals surface area contributed by atoms with E-state index in [1.165, 1.54) is 22.5 Å². The summed E-state index contributed by atoms with van der Waals surface area (Å²) in [7, 11) is -3.69. The normalized spacial score (nSPS) is 15.4. The number of para-hydroxylation sites is 1. The van der Waals surface area contributed by atoms with E-state index in [1.54, 1.807) is 30.3 Å². The monoisotopic (exact) mass is 475 g/mol. The first-order valence-corrected chi connectivity index (χ1v) is 12.7. The molecule has 2 N–H and O–H groups in total. The fourth-order valence-electron chi connectivity index (χ4n) is 3.72. The maximum absolute atomic E-state index is 13.9. The van der Waals surface area contributed by atoms with Gasteiger partial charge in [0.1, 0.15) is 5.82 Å². The molecule has 2 aromatic rings. The van der Waals surface area contributed by atoms with Crippen LogP contribution in [0.5, 0.6) is 0 Å². The lowest BCUT2D eigenvalue weighted by molar-refractivity contribution is -0.120. The summed E-state index contributed by atoms with van der Waals surface area (Å²) < 4.78 is 40.6. The van der Waals surface area contributed by atoms with Gasteiger partial charge >= 0.3 is 0 Å². The number of hydrogen-bond acceptors (Lipinski definition) is 4. The Balaban J connectivity index is 1.59. The fourth-order valence-corrected chi connectivity index (χ4v) is 5.29. The van der Waals surface area contributed by atoms with Crippen LogP contribution in [0.4, 0.5) is 10.1 Å². The summed E-state index contributed by atoms with van der Waals surface area (Å²) in [5, 5.41) is 5.68. The van der Waals surface area contributed by atoms with E-state index in [0.29, 0.717) is 36.6 Å². The van der Waals surface area contributed by atoms with E-state index in [-0.39, 0.29) is 36.4 Å². The lowest BCUT2D eigenvalue weighted by atomic mass is 9.97. The van der Waals surface area contributed by atoms with E-state index in [1.807, 2.05) is 13.8 Å². The van der Waals surface area contributed by atoms with Gasteiger partial charge in [0.2, 0.25) is 15.9 Å². The molecule has 1 aliphatic rings. The van der Waals surface area contributed by atoms with E-state index >= 15 is 0 Å². The van der Waals surface area contributed by atoms with Gasteiger partial charge in [0.25, 0.3) is 5.91 Å². The summed E-state index contributed by atoms with van der Waals surface area (Å²) in [4.78, 5) is 25.3. The highest BCUT2D eigenvalue weighted by Gasteiger charge is 2.32. The van der Waals surface area contributed by atoms with Gasteiger partial charge in [-0.15, -0.1) is 0 Å². The average molecular weight is 476 g/mol. The van der Waals surface area contributed by atoms with Crippen molar-refractivity contribution >= 4 is 27.5 Å². The van der Waals surface area contributed by atoms with Gasteiger partial charge in [-0.2, -0.15) is 0 Å². The molecule has 178 valence electrons. The predicted octanol–water partition coefficient (Wildman–Crippen LogP) is 3.39. The molecule has 1 saturated heterocycles. The molecule has 0 aliphatic carbocycles. The standard InChI is InChI=1S/C24H30FN3O4S/c1-17(2)15-26-24(30)20-8-4-6-10-22(20)27-23(29)18-11-13-28(14-12-18)33(31,32)16-19-7-3-5-9-21(19)25/h3-10,17-18H,11-16H2,1-2H3,(H,26,30)(H,27,29). The van der Waals surface area contributed by atoms with Crippen molar-refractivity contribution in [3.63, 3.8) is 0 Å². The Kier molecular flexibility index (Phi) is 8.20. The van der Waals surface area contributed by atoms with Crippen LogP contribution in [0.1, 0.15) is 42.6 Å². The number of nitrogens with one attached hydrogen (secondary N) is 2. The van der Waals surface area contributed by atoms with Crippen molar-refractivity contribution in [3.05, 3.63) is 65.5 Å². The molecule has 0 atom stereocenters. The minimum absolute atomic E-state index is 0.129. The van der Waals surface area contributed by atoms with Crippen LogP contribution in [0.2, 0.25) is 0 Å². The van der Waals surface area contributed by atoms with E-state index in [0.717, 1.165) is 0 Å². The number of piperidine rings is 1. The first-order valence-electron chi connectivity index (χ1n) is 11.1. The number of carbonyl (C=O) groups excluding carboxylic acids is 2. The van der Waals surface area contributed by atoms with Crippen molar-refractivity contribution in [2.75, 3.05) is 25.0 Å². The van der Waals surface area contributed by atoms with Gasteiger partial charge < -0.3 is 10.6 Å². The van der Waals surface area contributed by atoms with Gasteiger partial charge in [-0.1, -0.05) is 44.2 Å². The summed E-state index contributed by atoms with van der Waals surface area (Å²) in [6, 6.07) is 12.6. The zero-order chi connectivity index (χ0) is 24.0. The van der Waals surface area contributed by atoms with Crippen molar-refractivity contribution < 1.29 is 22.4 Å². The number of nitrogens with zero attached hydrogens (tertiary/aromatic N) is 1. The molecule has 2 aromatic carbocycles. The molecule has 0 spiro atoms. The van der Waals surface area contributed by atoms with Gasteiger partial charge in [0.15, 0.2) is 0 Å². The van der Waals surface area contributed by atoms with Crippen molar-refractivity contribution in [2.24, 2.45) is 11.8 Å². The molecule has 9 heteroatoms. The quantitative estimate of drug-likeness (QED) is 0.612. The highest BCUT2D eigenvalue weighted by atomic mass is 32.2. The minimum atomic E-state index is -3.69. The third kappa shape index (κ3) is 6.61. The predicted molar refractivity (Wildman–Crippen MR) is 126 cm³/mol. The highest BCUT2D eigenvalue weighted by molar-refractivity contribution is 7.88. The van der Waals surface area contributed by atoms with Gasteiger partial charge in [0, 0.05) is 31.1 Å². The maximum atomic E-state index is 13.9. The summed E-state index contributed by atoms with van der Waals surface area (Å²) >= 11 is 0. The molecule has 33 heavy (non-hydrogen) atoms. The topological polar surface area (TPSA) is 95.6 Å². The molecular weight excluding hydrogens is 445 g/mol. The van der Waals surface area contributed by atoms with Crippen LogP contribution < -0.4 is 10.6 Å². The zero-order valence-electron chi connectivity index (χ0n) is 18.9. The Morgan fingerprint density at radius 3 is 2.36 bits per heavy atom. The molecule has 3 rings (SSSR count). The molecule has 0 unspecified atom stereocenters. The molecule has 1 heterocycles. The van der Waals surface area contributed by atoms with Gasteiger partial charge in [-0.25, -0.2) is 17.1 Å². The van der Waals surface area contributed by atoms with Crippen molar-refractivity contribution in [3.8, 4) is 0 Å². The Hall–Kier alpha value is -2.78. The Morgan fingerprint density at radius 2 is 1.70 bits per heavy atom. The largest absolute Gasteiger partial charge is 0.352 e. The number of benzene rings is 2. The van der Waals surface area contributed by atoms with Crippen LogP contribution in [0.25, 0.3) is 0 Å². The first kappa shape index (κ1) is 24.9. The highest BCUT2D eigenvalue weighted by Crippen LogP contribution is 2.24. The lowest BCUT2D eigenvalue weighted by Gasteiger charge is -2.30. The van der Waals surface area contributed by atoms with Crippen LogP contribution >= 0.6 is 0 Å². The Labute approximate surface area is 194 Å². The van der Waals surface area contributed by atoms with E-state index in [4.69, 9.17) is 0 Å². The second-order valence-electron chi connectivity index (χ2n) is 8.66. The van der Waals surface area contributed by atoms with E-state index in [2.05, 4.69) is 10.6 Å². The molecule has 0 aromatic heterocycles. The minimum Gasteiger partial charge on any atom is -0.352 e. The molecule has 7 nitrogen and oxygen atoms in total. The zero-order valence-corrected chi connectivity index (χ0v) is 19.7. The number of halogens is 1. The first-order chi connectivity index (χ1) is 15.7. The lowest BCUT2D eigenvalue weighted by Crippen LogP contribution is -2.42. The number of rotatable bonds is 8. The van der Waals surface area contributed by atoms with Crippen molar-refractivity contribution in [1.82, 2.24) is 9.62 Å². The average Bonchev–Trinajstić information content (AvgIpc) is 2.79. The SMILES string of the molecule is CC(C)CNC(=O)c1ccccc1NC(=O)C1CCN(S(=O)(=O)Cc2ccccc2F)CC1. The van der Waals surface area contributed by atoms with Crippen molar-refractivity contribution in [2.45, 2.75) is 32.4 Å². The number of amides is 2. The maximum Gasteiger partial charge on any atom is 0.253 e. The third-order valence-electron chi connectivity index (χ3n) is 5.61. The molecule has 1 fully saturated rings. The number of anilines is 1. The van der Waals surface area contributed by atoms with Gasteiger partial charge in [-0.3, -0.25) is 9.59 Å². The van der Waals surface area contributed by atoms with Crippen LogP contribution in [-0.2, 0) is 20.6 Å². The number of hydrogen-bond donors (Lipinski definition) is 2. The van der Waals surface area contributed by atoms with Crippen molar-refractivity contribution in [1.29, 1.82) is 0 Å².